The normalized spacial score (nSPS) is 10.6. The fraction of sp³-hybridized carbons (Fsp3) is 0.211. The number of nitrogens with zero attached hydrogens (tertiary/aromatic N) is 2. The molecule has 2 amide bonds. The van der Waals surface area contributed by atoms with E-state index in [4.69, 9.17) is 0 Å². The molecule has 1 aromatic carbocycles. The zero-order valence-electron chi connectivity index (χ0n) is 14.0. The summed E-state index contributed by atoms with van der Waals surface area (Å²) in [5.74, 6) is -0.374. The quantitative estimate of drug-likeness (QED) is 0.726. The average molecular weight is 336 g/mol. The number of aromatic nitrogens is 2. The van der Waals surface area contributed by atoms with Crippen molar-refractivity contribution >= 4 is 17.3 Å². The Morgan fingerprint density at radius 2 is 1.76 bits per heavy atom. The topological polar surface area (TPSA) is 75.5 Å². The molecule has 0 atom stereocenters. The van der Waals surface area contributed by atoms with Gasteiger partial charge in [-0.05, 0) is 24.1 Å². The summed E-state index contributed by atoms with van der Waals surface area (Å²) < 4.78 is 1.64. The minimum absolute atomic E-state index is 0.217. The first kappa shape index (κ1) is 16.7. The highest BCUT2D eigenvalue weighted by Crippen LogP contribution is 2.13. The molecular weight excluding hydrogens is 316 g/mol. The van der Waals surface area contributed by atoms with E-state index in [0.717, 1.165) is 12.0 Å². The first-order valence-electron chi connectivity index (χ1n) is 8.28. The molecule has 0 aliphatic carbocycles. The maximum Gasteiger partial charge on any atom is 0.287 e. The van der Waals surface area contributed by atoms with Crippen LogP contribution in [0.4, 0.5) is 0 Å². The summed E-state index contributed by atoms with van der Waals surface area (Å²) in [6, 6.07) is 15.0. The lowest BCUT2D eigenvalue weighted by molar-refractivity contribution is 0.0942. The van der Waals surface area contributed by atoms with Gasteiger partial charge in [0.1, 0.15) is 0 Å². The summed E-state index contributed by atoms with van der Waals surface area (Å²) >= 11 is 0. The molecule has 3 aromatic rings. The van der Waals surface area contributed by atoms with E-state index in [9.17, 15) is 9.59 Å². The van der Waals surface area contributed by atoms with Gasteiger partial charge in [-0.1, -0.05) is 43.3 Å². The molecule has 6 heteroatoms. The van der Waals surface area contributed by atoms with E-state index in [1.165, 1.54) is 0 Å². The fourth-order valence-electron chi connectivity index (χ4n) is 2.54. The lowest BCUT2D eigenvalue weighted by Crippen LogP contribution is -2.26. The standard InChI is InChI=1S/C19H20N4O2/c1-2-11-20-19(25)17-22-16(15-10-6-7-12-23(15)17)18(24)21-13-14-8-4-3-5-9-14/h3-10,12H,2,11,13H2,1H3,(H,20,25)(H,21,24). The molecule has 0 saturated carbocycles. The van der Waals surface area contributed by atoms with Gasteiger partial charge in [0.05, 0.1) is 5.52 Å². The van der Waals surface area contributed by atoms with Crippen LogP contribution in [0.5, 0.6) is 0 Å². The van der Waals surface area contributed by atoms with Crippen molar-refractivity contribution in [1.29, 1.82) is 0 Å². The summed E-state index contributed by atoms with van der Waals surface area (Å²) in [5, 5.41) is 5.65. The molecule has 2 N–H and O–H groups in total. The Morgan fingerprint density at radius 1 is 1.00 bits per heavy atom. The van der Waals surface area contributed by atoms with Crippen LogP contribution in [-0.2, 0) is 6.54 Å². The van der Waals surface area contributed by atoms with Crippen molar-refractivity contribution in [2.24, 2.45) is 0 Å². The van der Waals surface area contributed by atoms with Crippen LogP contribution >= 0.6 is 0 Å². The lowest BCUT2D eigenvalue weighted by atomic mass is 10.2. The maximum absolute atomic E-state index is 12.6. The predicted octanol–water partition coefficient (Wildman–Crippen LogP) is 2.40. The van der Waals surface area contributed by atoms with Crippen LogP contribution in [0.25, 0.3) is 5.52 Å². The van der Waals surface area contributed by atoms with Gasteiger partial charge in [0, 0.05) is 19.3 Å². The van der Waals surface area contributed by atoms with E-state index in [2.05, 4.69) is 15.6 Å². The lowest BCUT2D eigenvalue weighted by Gasteiger charge is -2.03. The number of hydrogen-bond acceptors (Lipinski definition) is 3. The molecule has 0 aliphatic rings. The molecule has 25 heavy (non-hydrogen) atoms. The van der Waals surface area contributed by atoms with Crippen LogP contribution in [0.3, 0.4) is 0 Å². The third kappa shape index (κ3) is 3.68. The highest BCUT2D eigenvalue weighted by Gasteiger charge is 2.20. The Hall–Kier alpha value is -3.15. The number of nitrogens with one attached hydrogen (secondary N) is 2. The van der Waals surface area contributed by atoms with Crippen molar-refractivity contribution in [2.45, 2.75) is 19.9 Å². The summed E-state index contributed by atoms with van der Waals surface area (Å²) in [7, 11) is 0. The van der Waals surface area contributed by atoms with Crippen LogP contribution < -0.4 is 10.6 Å². The first-order chi connectivity index (χ1) is 12.2. The molecular formula is C19H20N4O2. The highest BCUT2D eigenvalue weighted by atomic mass is 16.2. The van der Waals surface area contributed by atoms with E-state index in [1.54, 1.807) is 22.7 Å². The minimum Gasteiger partial charge on any atom is -0.349 e. The third-order valence-electron chi connectivity index (χ3n) is 3.80. The van der Waals surface area contributed by atoms with Crippen LogP contribution in [0.15, 0.2) is 54.7 Å². The molecule has 0 spiro atoms. The van der Waals surface area contributed by atoms with Crippen molar-refractivity contribution in [3.63, 3.8) is 0 Å². The van der Waals surface area contributed by atoms with Crippen molar-refractivity contribution in [2.75, 3.05) is 6.54 Å². The van der Waals surface area contributed by atoms with Crippen molar-refractivity contribution in [3.8, 4) is 0 Å². The second-order valence-corrected chi connectivity index (χ2v) is 5.66. The van der Waals surface area contributed by atoms with Crippen LogP contribution in [0.1, 0.15) is 40.0 Å². The van der Waals surface area contributed by atoms with Gasteiger partial charge in [-0.3, -0.25) is 14.0 Å². The van der Waals surface area contributed by atoms with Crippen LogP contribution in [0, 0.1) is 0 Å². The van der Waals surface area contributed by atoms with Gasteiger partial charge >= 0.3 is 0 Å². The van der Waals surface area contributed by atoms with Gasteiger partial charge in [-0.25, -0.2) is 4.98 Å². The number of imidazole rings is 1. The number of carbonyl (C=O) groups excluding carboxylic acids is 2. The number of amides is 2. The van der Waals surface area contributed by atoms with Gasteiger partial charge in [0.2, 0.25) is 5.82 Å². The molecule has 0 saturated heterocycles. The average Bonchev–Trinajstić information content (AvgIpc) is 3.05. The third-order valence-corrected chi connectivity index (χ3v) is 3.80. The number of hydrogen-bond donors (Lipinski definition) is 2. The molecule has 0 radical (unpaired) electrons. The predicted molar refractivity (Wildman–Crippen MR) is 95.4 cm³/mol. The Balaban J connectivity index is 1.85. The summed E-state index contributed by atoms with van der Waals surface area (Å²) in [4.78, 5) is 29.2. The van der Waals surface area contributed by atoms with Crippen molar-refractivity contribution in [3.05, 3.63) is 71.8 Å². The van der Waals surface area contributed by atoms with Crippen LogP contribution in [0.2, 0.25) is 0 Å². The number of pyridine rings is 1. The van der Waals surface area contributed by atoms with E-state index < -0.39 is 0 Å². The number of fused-ring (bicyclic) bond motifs is 1. The van der Waals surface area contributed by atoms with Crippen molar-refractivity contribution < 1.29 is 9.59 Å². The largest absolute Gasteiger partial charge is 0.349 e. The first-order valence-corrected chi connectivity index (χ1v) is 8.28. The second kappa shape index (κ2) is 7.61. The summed E-state index contributed by atoms with van der Waals surface area (Å²) in [6.45, 7) is 2.95. The Morgan fingerprint density at radius 3 is 2.52 bits per heavy atom. The smallest absolute Gasteiger partial charge is 0.287 e. The molecule has 6 nitrogen and oxygen atoms in total. The number of carbonyl (C=O) groups is 2. The molecule has 0 unspecified atom stereocenters. The van der Waals surface area contributed by atoms with Crippen molar-refractivity contribution in [1.82, 2.24) is 20.0 Å². The van der Waals surface area contributed by atoms with E-state index in [-0.39, 0.29) is 23.3 Å². The minimum atomic E-state index is -0.304. The summed E-state index contributed by atoms with van der Waals surface area (Å²) in [6.07, 6.45) is 2.57. The molecule has 3 rings (SSSR count). The summed E-state index contributed by atoms with van der Waals surface area (Å²) in [5.41, 5.74) is 1.85. The molecule has 0 bridgehead atoms. The Bertz CT molecular complexity index is 887. The van der Waals surface area contributed by atoms with E-state index in [1.807, 2.05) is 43.3 Å². The SMILES string of the molecule is CCCNC(=O)c1nc(C(=O)NCc2ccccc2)c2ccccn12. The monoisotopic (exact) mass is 336 g/mol. The molecule has 2 heterocycles. The Labute approximate surface area is 145 Å². The van der Waals surface area contributed by atoms with Gasteiger partial charge < -0.3 is 10.6 Å². The maximum atomic E-state index is 12.6. The fourth-order valence-corrected chi connectivity index (χ4v) is 2.54. The molecule has 0 aliphatic heterocycles. The van der Waals surface area contributed by atoms with Gasteiger partial charge in [-0.15, -0.1) is 0 Å². The molecule has 128 valence electrons. The zero-order chi connectivity index (χ0) is 17.6. The second-order valence-electron chi connectivity index (χ2n) is 5.66. The Kier molecular flexibility index (Phi) is 5.09. The van der Waals surface area contributed by atoms with E-state index >= 15 is 0 Å². The van der Waals surface area contributed by atoms with E-state index in [0.29, 0.717) is 18.6 Å². The van der Waals surface area contributed by atoms with Gasteiger partial charge in [0.25, 0.3) is 11.8 Å². The van der Waals surface area contributed by atoms with Gasteiger partial charge in [-0.2, -0.15) is 0 Å². The zero-order valence-corrected chi connectivity index (χ0v) is 14.0. The van der Waals surface area contributed by atoms with Crippen LogP contribution in [-0.4, -0.2) is 27.7 Å². The van der Waals surface area contributed by atoms with Gasteiger partial charge in [0.15, 0.2) is 5.69 Å². The molecule has 2 aromatic heterocycles. The molecule has 0 fully saturated rings. The number of benzene rings is 1. The number of rotatable bonds is 6. The highest BCUT2D eigenvalue weighted by molar-refractivity contribution is 6.02.